The molecule has 0 fully saturated rings. The number of nitrogens with zero attached hydrogens (tertiary/aromatic N) is 4. The van der Waals surface area contributed by atoms with E-state index >= 15 is 0 Å². The number of benzene rings is 1. The average molecular weight is 327 g/mol. The van der Waals surface area contributed by atoms with E-state index in [1.807, 2.05) is 0 Å². The second-order valence-electron chi connectivity index (χ2n) is 4.50. The van der Waals surface area contributed by atoms with Crippen molar-refractivity contribution in [1.82, 2.24) is 15.0 Å². The molecular formula is C11H11BrN4O3. The van der Waals surface area contributed by atoms with E-state index in [0.717, 1.165) is 0 Å². The van der Waals surface area contributed by atoms with Gasteiger partial charge in [0.1, 0.15) is 11.3 Å². The number of nitro benzene ring substituents is 1. The van der Waals surface area contributed by atoms with Gasteiger partial charge in [0.2, 0.25) is 0 Å². The van der Waals surface area contributed by atoms with Crippen molar-refractivity contribution in [3.8, 4) is 5.69 Å². The summed E-state index contributed by atoms with van der Waals surface area (Å²) in [5, 5.41) is 28.4. The predicted molar refractivity (Wildman–Crippen MR) is 71.0 cm³/mol. The molecule has 0 unspecified atom stereocenters. The van der Waals surface area contributed by atoms with E-state index in [1.54, 1.807) is 26.0 Å². The topological polar surface area (TPSA) is 94.1 Å². The van der Waals surface area contributed by atoms with Crippen LogP contribution in [0.1, 0.15) is 19.5 Å². The molecule has 0 aliphatic heterocycles. The Morgan fingerprint density at radius 2 is 2.16 bits per heavy atom. The van der Waals surface area contributed by atoms with Crippen molar-refractivity contribution in [3.63, 3.8) is 0 Å². The Morgan fingerprint density at radius 3 is 2.68 bits per heavy atom. The van der Waals surface area contributed by atoms with E-state index in [2.05, 4.69) is 26.2 Å². The van der Waals surface area contributed by atoms with Gasteiger partial charge in [-0.15, -0.1) is 5.10 Å². The summed E-state index contributed by atoms with van der Waals surface area (Å²) in [7, 11) is 0. The first-order valence-corrected chi connectivity index (χ1v) is 6.18. The van der Waals surface area contributed by atoms with Crippen LogP contribution in [0.4, 0.5) is 5.69 Å². The molecule has 2 aromatic rings. The fourth-order valence-corrected chi connectivity index (χ4v) is 1.85. The molecule has 0 amide bonds. The lowest BCUT2D eigenvalue weighted by molar-refractivity contribution is -0.385. The molecule has 0 atom stereocenters. The monoisotopic (exact) mass is 326 g/mol. The van der Waals surface area contributed by atoms with Crippen LogP contribution in [0.25, 0.3) is 5.69 Å². The summed E-state index contributed by atoms with van der Waals surface area (Å²) in [6.45, 7) is 3.18. The maximum Gasteiger partial charge on any atom is 0.285 e. The van der Waals surface area contributed by atoms with Gasteiger partial charge < -0.3 is 5.11 Å². The molecule has 2 rings (SSSR count). The van der Waals surface area contributed by atoms with Gasteiger partial charge in [-0.2, -0.15) is 0 Å². The van der Waals surface area contributed by atoms with Crippen LogP contribution in [0.2, 0.25) is 0 Å². The van der Waals surface area contributed by atoms with Crippen molar-refractivity contribution in [2.24, 2.45) is 0 Å². The van der Waals surface area contributed by atoms with Gasteiger partial charge in [0.25, 0.3) is 5.69 Å². The molecule has 1 N–H and O–H groups in total. The second-order valence-corrected chi connectivity index (χ2v) is 5.35. The first-order valence-electron chi connectivity index (χ1n) is 5.38. The summed E-state index contributed by atoms with van der Waals surface area (Å²) in [6, 6.07) is 4.62. The van der Waals surface area contributed by atoms with Gasteiger partial charge in [-0.3, -0.25) is 10.1 Å². The Hall–Kier alpha value is -1.80. The van der Waals surface area contributed by atoms with Crippen LogP contribution in [0.15, 0.2) is 28.9 Å². The van der Waals surface area contributed by atoms with Gasteiger partial charge in [-0.25, -0.2) is 4.68 Å². The summed E-state index contributed by atoms with van der Waals surface area (Å²) < 4.78 is 1.77. The third-order valence-corrected chi connectivity index (χ3v) is 3.18. The summed E-state index contributed by atoms with van der Waals surface area (Å²) in [4.78, 5) is 10.4. The lowest BCUT2D eigenvalue weighted by Crippen LogP contribution is -2.15. The minimum atomic E-state index is -1.11. The van der Waals surface area contributed by atoms with Gasteiger partial charge in [0, 0.05) is 6.07 Å². The number of rotatable bonds is 3. The number of aliphatic hydroxyl groups is 1. The third kappa shape index (κ3) is 2.79. The number of halogens is 1. The fraction of sp³-hybridized carbons (Fsp3) is 0.273. The molecule has 1 aromatic carbocycles. The first-order chi connectivity index (χ1) is 8.79. The Bertz CT molecular complexity index is 633. The highest BCUT2D eigenvalue weighted by molar-refractivity contribution is 9.10. The van der Waals surface area contributed by atoms with Crippen molar-refractivity contribution >= 4 is 21.6 Å². The van der Waals surface area contributed by atoms with Crippen molar-refractivity contribution in [2.45, 2.75) is 19.4 Å². The quantitative estimate of drug-likeness (QED) is 0.689. The van der Waals surface area contributed by atoms with Crippen LogP contribution in [0, 0.1) is 10.1 Å². The Kier molecular flexibility index (Phi) is 3.38. The summed E-state index contributed by atoms with van der Waals surface area (Å²) in [5.41, 5.74) is -0.284. The Balaban J connectivity index is 2.45. The number of aromatic nitrogens is 3. The van der Waals surface area contributed by atoms with E-state index in [4.69, 9.17) is 0 Å². The van der Waals surface area contributed by atoms with Crippen LogP contribution in [0.5, 0.6) is 0 Å². The minimum absolute atomic E-state index is 0.0576. The zero-order chi connectivity index (χ0) is 14.2. The fourth-order valence-electron chi connectivity index (χ4n) is 1.45. The Labute approximate surface area is 117 Å². The maximum absolute atomic E-state index is 10.9. The van der Waals surface area contributed by atoms with Crippen LogP contribution >= 0.6 is 15.9 Å². The van der Waals surface area contributed by atoms with Crippen LogP contribution in [0.3, 0.4) is 0 Å². The normalized spacial score (nSPS) is 11.6. The van der Waals surface area contributed by atoms with E-state index in [9.17, 15) is 15.2 Å². The van der Waals surface area contributed by atoms with Crippen LogP contribution in [-0.4, -0.2) is 25.0 Å². The molecule has 0 saturated carbocycles. The first kappa shape index (κ1) is 13.6. The molecule has 8 heteroatoms. The van der Waals surface area contributed by atoms with E-state index in [1.165, 1.54) is 16.9 Å². The molecule has 0 spiro atoms. The van der Waals surface area contributed by atoms with Crippen LogP contribution < -0.4 is 0 Å². The summed E-state index contributed by atoms with van der Waals surface area (Å²) >= 11 is 3.11. The van der Waals surface area contributed by atoms with E-state index < -0.39 is 10.5 Å². The number of hydrogen-bond acceptors (Lipinski definition) is 5. The summed E-state index contributed by atoms with van der Waals surface area (Å²) in [5.74, 6) is 0. The number of nitro groups is 1. The number of hydrogen-bond donors (Lipinski definition) is 1. The predicted octanol–water partition coefficient (Wildman–Crippen LogP) is 2.17. The highest BCUT2D eigenvalue weighted by Gasteiger charge is 2.21. The molecule has 0 saturated heterocycles. The zero-order valence-electron chi connectivity index (χ0n) is 10.2. The highest BCUT2D eigenvalue weighted by Crippen LogP contribution is 2.27. The van der Waals surface area contributed by atoms with Gasteiger partial charge >= 0.3 is 0 Å². The SMILES string of the molecule is CC(C)(O)c1cn(-c2ccc(Br)c([N+](=O)[O-])c2)nn1. The molecule has 0 radical (unpaired) electrons. The van der Waals surface area contributed by atoms with E-state index in [-0.39, 0.29) is 5.69 Å². The van der Waals surface area contributed by atoms with E-state index in [0.29, 0.717) is 15.9 Å². The molecule has 1 aromatic heterocycles. The minimum Gasteiger partial charge on any atom is -0.384 e. The van der Waals surface area contributed by atoms with Gasteiger partial charge in [-0.05, 0) is 41.9 Å². The van der Waals surface area contributed by atoms with Crippen molar-refractivity contribution in [2.75, 3.05) is 0 Å². The third-order valence-electron chi connectivity index (χ3n) is 2.51. The smallest absolute Gasteiger partial charge is 0.285 e. The molecule has 19 heavy (non-hydrogen) atoms. The molecule has 1 heterocycles. The van der Waals surface area contributed by atoms with Gasteiger partial charge in [-0.1, -0.05) is 5.21 Å². The molecular weight excluding hydrogens is 316 g/mol. The van der Waals surface area contributed by atoms with Crippen molar-refractivity contribution < 1.29 is 10.0 Å². The molecule has 0 aliphatic carbocycles. The second kappa shape index (κ2) is 4.71. The van der Waals surface area contributed by atoms with Crippen molar-refractivity contribution in [1.29, 1.82) is 0 Å². The summed E-state index contributed by atoms with van der Waals surface area (Å²) in [6.07, 6.45) is 1.53. The lowest BCUT2D eigenvalue weighted by Gasteiger charge is -2.11. The zero-order valence-corrected chi connectivity index (χ0v) is 11.8. The molecule has 100 valence electrons. The van der Waals surface area contributed by atoms with Crippen molar-refractivity contribution in [3.05, 3.63) is 44.7 Å². The Morgan fingerprint density at radius 1 is 1.47 bits per heavy atom. The van der Waals surface area contributed by atoms with Gasteiger partial charge in [0.05, 0.1) is 21.3 Å². The highest BCUT2D eigenvalue weighted by atomic mass is 79.9. The average Bonchev–Trinajstić information content (AvgIpc) is 2.78. The molecule has 7 nitrogen and oxygen atoms in total. The largest absolute Gasteiger partial charge is 0.384 e. The van der Waals surface area contributed by atoms with Crippen LogP contribution in [-0.2, 0) is 5.60 Å². The maximum atomic E-state index is 10.9. The molecule has 0 bridgehead atoms. The standard InChI is InChI=1S/C11H11BrN4O3/c1-11(2,17)10-6-15(14-13-10)7-3-4-8(12)9(5-7)16(18)19/h3-6,17H,1-2H3. The van der Waals surface area contributed by atoms with Gasteiger partial charge in [0.15, 0.2) is 0 Å². The lowest BCUT2D eigenvalue weighted by atomic mass is 10.1. The molecule has 0 aliphatic rings.